The van der Waals surface area contributed by atoms with Gasteiger partial charge in [-0.05, 0) is 30.7 Å². The van der Waals surface area contributed by atoms with Crippen LogP contribution in [-0.4, -0.2) is 25.3 Å². The van der Waals surface area contributed by atoms with E-state index in [1.54, 1.807) is 6.92 Å². The number of halogens is 1. The predicted molar refractivity (Wildman–Crippen MR) is 57.0 cm³/mol. The highest BCUT2D eigenvalue weighted by Gasteiger charge is 2.12. The molecular formula is C12H13FO3. The Balaban J connectivity index is 2.73. The first-order chi connectivity index (χ1) is 7.54. The smallest absolute Gasteiger partial charge is 0.170 e. The van der Waals surface area contributed by atoms with Crippen LogP contribution in [0.15, 0.2) is 18.2 Å². The molecule has 0 spiro atoms. The second-order valence-electron chi connectivity index (χ2n) is 3.54. The summed E-state index contributed by atoms with van der Waals surface area (Å²) in [5.74, 6) is -0.959. The van der Waals surface area contributed by atoms with Crippen LogP contribution in [0.1, 0.15) is 22.3 Å². The fourth-order valence-electron chi connectivity index (χ4n) is 1.31. The molecule has 86 valence electrons. The standard InChI is InChI=1S/C12H13FO3/c1-8-5-9(3-4-11(8)13)12(15)6-10(14)7-16-2/h3-5H,6-7H2,1-2H3. The second-order valence-corrected chi connectivity index (χ2v) is 3.54. The highest BCUT2D eigenvalue weighted by Crippen LogP contribution is 2.11. The molecule has 0 radical (unpaired) electrons. The van der Waals surface area contributed by atoms with Gasteiger partial charge in [0, 0.05) is 12.7 Å². The lowest BCUT2D eigenvalue weighted by molar-refractivity contribution is -0.121. The zero-order chi connectivity index (χ0) is 12.1. The molecule has 0 heterocycles. The van der Waals surface area contributed by atoms with Crippen molar-refractivity contribution in [3.8, 4) is 0 Å². The molecule has 0 bridgehead atoms. The van der Waals surface area contributed by atoms with E-state index in [1.165, 1.54) is 25.3 Å². The minimum atomic E-state index is -0.361. The van der Waals surface area contributed by atoms with Gasteiger partial charge in [-0.2, -0.15) is 0 Å². The minimum Gasteiger partial charge on any atom is -0.377 e. The Bertz CT molecular complexity index is 413. The van der Waals surface area contributed by atoms with Crippen molar-refractivity contribution in [3.63, 3.8) is 0 Å². The number of hydrogen-bond donors (Lipinski definition) is 0. The quantitative estimate of drug-likeness (QED) is 0.567. The number of rotatable bonds is 5. The van der Waals surface area contributed by atoms with Crippen LogP contribution in [-0.2, 0) is 9.53 Å². The van der Waals surface area contributed by atoms with Gasteiger partial charge in [-0.25, -0.2) is 4.39 Å². The number of carbonyl (C=O) groups excluding carboxylic acids is 2. The number of ketones is 2. The molecule has 1 aromatic rings. The van der Waals surface area contributed by atoms with Gasteiger partial charge in [0.25, 0.3) is 0 Å². The number of carbonyl (C=O) groups is 2. The van der Waals surface area contributed by atoms with Crippen LogP contribution in [0.5, 0.6) is 0 Å². The van der Waals surface area contributed by atoms with E-state index in [0.717, 1.165) is 0 Å². The fraction of sp³-hybridized carbons (Fsp3) is 0.333. The van der Waals surface area contributed by atoms with Crippen LogP contribution in [0.3, 0.4) is 0 Å². The van der Waals surface area contributed by atoms with E-state index in [9.17, 15) is 14.0 Å². The topological polar surface area (TPSA) is 43.4 Å². The summed E-state index contributed by atoms with van der Waals surface area (Å²) < 4.78 is 17.6. The Labute approximate surface area is 93.2 Å². The average Bonchev–Trinajstić information content (AvgIpc) is 2.22. The summed E-state index contributed by atoms with van der Waals surface area (Å²) in [5.41, 5.74) is 0.744. The van der Waals surface area contributed by atoms with Crippen molar-refractivity contribution in [1.82, 2.24) is 0 Å². The third-order valence-electron chi connectivity index (χ3n) is 2.14. The molecular weight excluding hydrogens is 211 g/mol. The first kappa shape index (κ1) is 12.5. The van der Waals surface area contributed by atoms with E-state index in [1.807, 2.05) is 0 Å². The lowest BCUT2D eigenvalue weighted by atomic mass is 10.0. The first-order valence-corrected chi connectivity index (χ1v) is 4.84. The molecule has 0 fully saturated rings. The van der Waals surface area contributed by atoms with Crippen LogP contribution in [0.2, 0.25) is 0 Å². The number of benzene rings is 1. The minimum absolute atomic E-state index is 0.0775. The van der Waals surface area contributed by atoms with E-state index < -0.39 is 0 Å². The van der Waals surface area contributed by atoms with Crippen molar-refractivity contribution in [2.75, 3.05) is 13.7 Å². The molecule has 0 unspecified atom stereocenters. The summed E-state index contributed by atoms with van der Waals surface area (Å²) in [5, 5.41) is 0. The maximum absolute atomic E-state index is 12.9. The van der Waals surface area contributed by atoms with Crippen LogP contribution >= 0.6 is 0 Å². The Kier molecular flexibility index (Phi) is 4.31. The predicted octanol–water partition coefficient (Wildman–Crippen LogP) is 1.92. The van der Waals surface area contributed by atoms with Gasteiger partial charge in [0.05, 0.1) is 6.42 Å². The molecule has 0 aliphatic heterocycles. The Morgan fingerprint density at radius 2 is 2.06 bits per heavy atom. The summed E-state index contributed by atoms with van der Waals surface area (Å²) >= 11 is 0. The van der Waals surface area contributed by atoms with Crippen LogP contribution in [0, 0.1) is 12.7 Å². The summed E-state index contributed by atoms with van der Waals surface area (Å²) in [6, 6.07) is 4.05. The normalized spacial score (nSPS) is 10.2. The van der Waals surface area contributed by atoms with E-state index in [4.69, 9.17) is 0 Å². The molecule has 0 N–H and O–H groups in total. The maximum Gasteiger partial charge on any atom is 0.170 e. The van der Waals surface area contributed by atoms with Crippen molar-refractivity contribution in [1.29, 1.82) is 0 Å². The van der Waals surface area contributed by atoms with Gasteiger partial charge in [-0.15, -0.1) is 0 Å². The number of hydrogen-bond acceptors (Lipinski definition) is 3. The van der Waals surface area contributed by atoms with Gasteiger partial charge in [-0.3, -0.25) is 9.59 Å². The molecule has 0 saturated heterocycles. The van der Waals surface area contributed by atoms with Crippen LogP contribution in [0.4, 0.5) is 4.39 Å². The molecule has 0 aliphatic rings. The lowest BCUT2D eigenvalue weighted by Crippen LogP contribution is -2.13. The van der Waals surface area contributed by atoms with E-state index in [-0.39, 0.29) is 30.4 Å². The summed E-state index contributed by atoms with van der Waals surface area (Å²) in [6.45, 7) is 1.50. The molecule has 0 aromatic heterocycles. The van der Waals surface area contributed by atoms with Crippen molar-refractivity contribution in [2.45, 2.75) is 13.3 Å². The molecule has 0 saturated carbocycles. The van der Waals surface area contributed by atoms with Crippen molar-refractivity contribution >= 4 is 11.6 Å². The molecule has 1 rings (SSSR count). The molecule has 0 atom stereocenters. The second kappa shape index (κ2) is 5.51. The van der Waals surface area contributed by atoms with Crippen LogP contribution in [0.25, 0.3) is 0 Å². The van der Waals surface area contributed by atoms with Crippen molar-refractivity contribution in [3.05, 3.63) is 35.1 Å². The molecule has 4 heteroatoms. The average molecular weight is 224 g/mol. The largest absolute Gasteiger partial charge is 0.377 e. The highest BCUT2D eigenvalue weighted by molar-refractivity contribution is 6.08. The molecule has 3 nitrogen and oxygen atoms in total. The van der Waals surface area contributed by atoms with E-state index in [2.05, 4.69) is 4.74 Å². The van der Waals surface area contributed by atoms with E-state index in [0.29, 0.717) is 11.1 Å². The molecule has 0 aliphatic carbocycles. The number of methoxy groups -OCH3 is 1. The first-order valence-electron chi connectivity index (χ1n) is 4.84. The number of ether oxygens (including phenoxy) is 1. The van der Waals surface area contributed by atoms with E-state index >= 15 is 0 Å². The third kappa shape index (κ3) is 3.24. The molecule has 0 amide bonds. The Morgan fingerprint density at radius 1 is 1.38 bits per heavy atom. The van der Waals surface area contributed by atoms with Crippen molar-refractivity contribution < 1.29 is 18.7 Å². The zero-order valence-corrected chi connectivity index (χ0v) is 9.25. The van der Waals surface area contributed by atoms with Gasteiger partial charge in [0.2, 0.25) is 0 Å². The Hall–Kier alpha value is -1.55. The van der Waals surface area contributed by atoms with Gasteiger partial charge in [-0.1, -0.05) is 0 Å². The Morgan fingerprint density at radius 3 is 2.62 bits per heavy atom. The van der Waals surface area contributed by atoms with Gasteiger partial charge in [0.15, 0.2) is 11.6 Å². The maximum atomic E-state index is 12.9. The third-order valence-corrected chi connectivity index (χ3v) is 2.14. The van der Waals surface area contributed by atoms with Crippen LogP contribution < -0.4 is 0 Å². The number of aryl methyl sites for hydroxylation is 1. The zero-order valence-electron chi connectivity index (χ0n) is 9.25. The van der Waals surface area contributed by atoms with Gasteiger partial charge >= 0.3 is 0 Å². The van der Waals surface area contributed by atoms with Gasteiger partial charge < -0.3 is 4.74 Å². The monoisotopic (exact) mass is 224 g/mol. The summed E-state index contributed by atoms with van der Waals surface area (Å²) in [7, 11) is 1.39. The summed E-state index contributed by atoms with van der Waals surface area (Å²) in [4.78, 5) is 22.8. The summed E-state index contributed by atoms with van der Waals surface area (Å²) in [6.07, 6.45) is -0.209. The highest BCUT2D eigenvalue weighted by atomic mass is 19.1. The number of Topliss-reactive ketones (excluding diaryl/α,β-unsaturated/α-hetero) is 2. The van der Waals surface area contributed by atoms with Gasteiger partial charge in [0.1, 0.15) is 12.4 Å². The SMILES string of the molecule is COCC(=O)CC(=O)c1ccc(F)c(C)c1. The lowest BCUT2D eigenvalue weighted by Gasteiger charge is -2.02. The fourth-order valence-corrected chi connectivity index (χ4v) is 1.31. The molecule has 16 heavy (non-hydrogen) atoms. The molecule has 1 aromatic carbocycles. The van der Waals surface area contributed by atoms with Crippen molar-refractivity contribution in [2.24, 2.45) is 0 Å².